The van der Waals surface area contributed by atoms with Crippen LogP contribution in [-0.4, -0.2) is 15.0 Å². The quantitative estimate of drug-likeness (QED) is 0.161. The number of benzene rings is 9. The van der Waals surface area contributed by atoms with Gasteiger partial charge < -0.3 is 4.42 Å². The molecule has 0 saturated heterocycles. The predicted octanol–water partition coefficient (Wildman–Crippen LogP) is 15.7. The monoisotopic (exact) mass is 819 g/mol. The number of fused-ring (bicyclic) bond motifs is 6. The Morgan fingerprint density at radius 3 is 1.56 bits per heavy atom. The van der Waals surface area contributed by atoms with E-state index in [1.165, 1.54) is 33.4 Å². The first-order valence-electron chi connectivity index (χ1n) is 21.8. The van der Waals surface area contributed by atoms with Gasteiger partial charge in [0.2, 0.25) is 0 Å². The Morgan fingerprint density at radius 1 is 0.312 bits per heavy atom. The number of hydrogen-bond donors (Lipinski definition) is 0. The van der Waals surface area contributed by atoms with Crippen LogP contribution in [0.4, 0.5) is 0 Å². The highest BCUT2D eigenvalue weighted by atomic mass is 16.3. The Kier molecular flexibility index (Phi) is 8.80. The first kappa shape index (κ1) is 37.5. The third kappa shape index (κ3) is 6.42. The molecule has 0 saturated carbocycles. The Bertz CT molecular complexity index is 3570. The van der Waals surface area contributed by atoms with Crippen molar-refractivity contribution in [1.82, 2.24) is 15.0 Å². The number of hydrogen-bond acceptors (Lipinski definition) is 4. The van der Waals surface area contributed by atoms with Crippen molar-refractivity contribution in [2.24, 2.45) is 0 Å². The Labute approximate surface area is 372 Å². The summed E-state index contributed by atoms with van der Waals surface area (Å²) < 4.78 is 6.68. The van der Waals surface area contributed by atoms with Crippen molar-refractivity contribution in [3.63, 3.8) is 0 Å². The summed E-state index contributed by atoms with van der Waals surface area (Å²) in [6.45, 7) is 4.61. The van der Waals surface area contributed by atoms with Crippen LogP contribution in [0.25, 0.3) is 112 Å². The summed E-state index contributed by atoms with van der Waals surface area (Å²) in [7, 11) is 0. The molecule has 2 heterocycles. The molecule has 64 heavy (non-hydrogen) atoms. The summed E-state index contributed by atoms with van der Waals surface area (Å²) >= 11 is 0. The van der Waals surface area contributed by atoms with Crippen molar-refractivity contribution in [3.05, 3.63) is 223 Å². The average molecular weight is 820 g/mol. The van der Waals surface area contributed by atoms with E-state index in [-0.39, 0.29) is 5.41 Å². The highest BCUT2D eigenvalue weighted by molar-refractivity contribution is 6.13. The van der Waals surface area contributed by atoms with Gasteiger partial charge >= 0.3 is 0 Å². The van der Waals surface area contributed by atoms with Gasteiger partial charge in [-0.25, -0.2) is 15.0 Å². The molecule has 0 atom stereocenters. The summed E-state index contributed by atoms with van der Waals surface area (Å²) in [6, 6.07) is 75.0. The normalized spacial score (nSPS) is 12.7. The van der Waals surface area contributed by atoms with E-state index < -0.39 is 0 Å². The van der Waals surface area contributed by atoms with Gasteiger partial charge in [-0.15, -0.1) is 0 Å². The van der Waals surface area contributed by atoms with Crippen LogP contribution in [0.3, 0.4) is 0 Å². The molecular formula is C60H41N3O. The van der Waals surface area contributed by atoms with E-state index in [0.717, 1.165) is 72.0 Å². The van der Waals surface area contributed by atoms with Gasteiger partial charge in [-0.3, -0.25) is 0 Å². The van der Waals surface area contributed by atoms with E-state index in [0.29, 0.717) is 17.5 Å². The summed E-state index contributed by atoms with van der Waals surface area (Å²) in [6.07, 6.45) is 0. The molecule has 4 heteroatoms. The van der Waals surface area contributed by atoms with E-state index in [1.54, 1.807) is 0 Å². The van der Waals surface area contributed by atoms with Crippen molar-refractivity contribution >= 4 is 21.9 Å². The Balaban J connectivity index is 1.01. The molecule has 11 aromatic rings. The molecule has 0 fully saturated rings. The fourth-order valence-corrected chi connectivity index (χ4v) is 9.67. The summed E-state index contributed by atoms with van der Waals surface area (Å²) in [4.78, 5) is 15.6. The highest BCUT2D eigenvalue weighted by Gasteiger charge is 2.35. The van der Waals surface area contributed by atoms with Gasteiger partial charge in [-0.2, -0.15) is 0 Å². The van der Waals surface area contributed by atoms with E-state index in [9.17, 15) is 0 Å². The van der Waals surface area contributed by atoms with Crippen molar-refractivity contribution in [1.29, 1.82) is 0 Å². The number of rotatable bonds is 7. The molecule has 1 aliphatic rings. The van der Waals surface area contributed by atoms with Gasteiger partial charge in [0, 0.05) is 32.9 Å². The molecule has 0 radical (unpaired) electrons. The number of furan rings is 1. The average Bonchev–Trinajstić information content (AvgIpc) is 3.85. The smallest absolute Gasteiger partial charge is 0.164 e. The lowest BCUT2D eigenvalue weighted by Gasteiger charge is -2.21. The molecule has 302 valence electrons. The molecule has 0 bridgehead atoms. The molecule has 0 amide bonds. The SMILES string of the molecule is CC1(C)c2ccccc2-c2cc(-c3nc(-c4ccccc4)nc(-c4cc(-c5ccccc5)cc(-c5ccc6c(c5)oc5cccc(-c7cccc(-c8ccccc8)c7)c56)c4)n3)ccc21. The van der Waals surface area contributed by atoms with E-state index in [2.05, 4.69) is 208 Å². The van der Waals surface area contributed by atoms with Gasteiger partial charge in [0.05, 0.1) is 0 Å². The first-order valence-corrected chi connectivity index (χ1v) is 21.8. The Hall–Kier alpha value is -8.21. The van der Waals surface area contributed by atoms with E-state index in [1.807, 2.05) is 18.2 Å². The lowest BCUT2D eigenvalue weighted by Crippen LogP contribution is -2.14. The fraction of sp³-hybridized carbons (Fsp3) is 0.0500. The largest absolute Gasteiger partial charge is 0.456 e. The van der Waals surface area contributed by atoms with Gasteiger partial charge in [0.25, 0.3) is 0 Å². The topological polar surface area (TPSA) is 51.8 Å². The number of aromatic nitrogens is 3. The second kappa shape index (κ2) is 15.0. The summed E-state index contributed by atoms with van der Waals surface area (Å²) in [5.41, 5.74) is 18.4. The van der Waals surface area contributed by atoms with Crippen molar-refractivity contribution in [2.45, 2.75) is 19.3 Å². The third-order valence-electron chi connectivity index (χ3n) is 12.9. The maximum absolute atomic E-state index is 6.68. The number of nitrogens with zero attached hydrogens (tertiary/aromatic N) is 3. The molecule has 1 aliphatic carbocycles. The van der Waals surface area contributed by atoms with Gasteiger partial charge in [-0.1, -0.05) is 178 Å². The van der Waals surface area contributed by atoms with Crippen molar-refractivity contribution in [2.75, 3.05) is 0 Å². The molecule has 12 rings (SSSR count). The highest BCUT2D eigenvalue weighted by Crippen LogP contribution is 2.49. The van der Waals surface area contributed by atoms with E-state index >= 15 is 0 Å². The van der Waals surface area contributed by atoms with Crippen LogP contribution in [0.1, 0.15) is 25.0 Å². The molecule has 0 N–H and O–H groups in total. The van der Waals surface area contributed by atoms with Crippen LogP contribution < -0.4 is 0 Å². The molecule has 0 spiro atoms. The molecule has 9 aromatic carbocycles. The van der Waals surface area contributed by atoms with E-state index in [4.69, 9.17) is 19.4 Å². The van der Waals surface area contributed by atoms with Crippen molar-refractivity contribution in [3.8, 4) is 89.8 Å². The molecule has 0 unspecified atom stereocenters. The van der Waals surface area contributed by atoms with Crippen LogP contribution in [0, 0.1) is 0 Å². The van der Waals surface area contributed by atoms with Crippen LogP contribution in [-0.2, 0) is 5.41 Å². The molecule has 4 nitrogen and oxygen atoms in total. The van der Waals surface area contributed by atoms with Gasteiger partial charge in [0.15, 0.2) is 17.5 Å². The van der Waals surface area contributed by atoms with Crippen LogP contribution >= 0.6 is 0 Å². The maximum atomic E-state index is 6.68. The molecule has 0 aliphatic heterocycles. The lowest BCUT2D eigenvalue weighted by atomic mass is 9.82. The zero-order chi connectivity index (χ0) is 42.8. The van der Waals surface area contributed by atoms with Crippen LogP contribution in [0.5, 0.6) is 0 Å². The van der Waals surface area contributed by atoms with Crippen LogP contribution in [0.2, 0.25) is 0 Å². The third-order valence-corrected chi connectivity index (χ3v) is 12.9. The summed E-state index contributed by atoms with van der Waals surface area (Å²) in [5, 5.41) is 2.19. The summed E-state index contributed by atoms with van der Waals surface area (Å²) in [5.74, 6) is 1.87. The zero-order valence-electron chi connectivity index (χ0n) is 35.5. The molecule has 2 aromatic heterocycles. The maximum Gasteiger partial charge on any atom is 0.164 e. The first-order chi connectivity index (χ1) is 31.4. The standard InChI is InChI=1S/C60H41N3O/c1-60(2)52-26-13-12-24-49(52)51-36-44(29-31-53(51)60)58-61-57(40-20-10-5-11-21-40)62-59(63-58)47-34-45(39-18-8-4-9-19-39)33-46(35-47)42-28-30-50-55(37-42)64-54-27-15-25-48(56(50)54)43-23-14-22-41(32-43)38-16-6-3-7-17-38/h3-37H,1-2H3. The minimum Gasteiger partial charge on any atom is -0.456 e. The van der Waals surface area contributed by atoms with Gasteiger partial charge in [-0.05, 0) is 115 Å². The van der Waals surface area contributed by atoms with Crippen molar-refractivity contribution < 1.29 is 4.42 Å². The second-order valence-electron chi connectivity index (χ2n) is 17.2. The lowest BCUT2D eigenvalue weighted by molar-refractivity contribution is 0.660. The molecular weight excluding hydrogens is 779 g/mol. The van der Waals surface area contributed by atoms with Crippen LogP contribution in [0.15, 0.2) is 217 Å². The van der Waals surface area contributed by atoms with Gasteiger partial charge in [0.1, 0.15) is 11.2 Å². The predicted molar refractivity (Wildman–Crippen MR) is 263 cm³/mol. The Morgan fingerprint density at radius 2 is 0.812 bits per heavy atom. The second-order valence-corrected chi connectivity index (χ2v) is 17.2. The fourth-order valence-electron chi connectivity index (χ4n) is 9.67. The minimum absolute atomic E-state index is 0.0969. The zero-order valence-corrected chi connectivity index (χ0v) is 35.5. The minimum atomic E-state index is -0.0969.